The molecule has 0 aliphatic heterocycles. The molecule has 0 spiro atoms. The Morgan fingerprint density at radius 1 is 0.870 bits per heavy atom. The molecule has 0 saturated carbocycles. The fourth-order valence-electron chi connectivity index (χ4n) is 2.60. The summed E-state index contributed by atoms with van der Waals surface area (Å²) in [5, 5.41) is 41.7. The van der Waals surface area contributed by atoms with Gasteiger partial charge >= 0.3 is 0 Å². The van der Waals surface area contributed by atoms with E-state index in [2.05, 4.69) is 0 Å². The lowest BCUT2D eigenvalue weighted by molar-refractivity contribution is 1.50. The molecular weight excluding hydrogens is 324 g/mol. The van der Waals surface area contributed by atoms with Gasteiger partial charge in [-0.1, -0.05) is 0 Å². The Morgan fingerprint density at radius 3 is 2.09 bits per heavy atom. The first-order valence-electron chi connectivity index (χ1n) is 6.44. The predicted molar refractivity (Wildman–Crippen MR) is 90.5 cm³/mol. The van der Waals surface area contributed by atoms with Crippen LogP contribution < -0.4 is 10.4 Å². The van der Waals surface area contributed by atoms with Crippen molar-refractivity contribution in [2.45, 2.75) is 6.92 Å². The molecule has 6 heteroatoms. The van der Waals surface area contributed by atoms with Crippen LogP contribution in [0.4, 0.5) is 0 Å². The zero-order chi connectivity index (χ0) is 16.6. The fourth-order valence-corrected chi connectivity index (χ4v) is 4.70. The van der Waals surface area contributed by atoms with Crippen LogP contribution in [0.3, 0.4) is 0 Å². The van der Waals surface area contributed by atoms with Gasteiger partial charge in [-0.3, -0.25) is 0 Å². The smallest absolute Gasteiger partial charge is 0.139 e. The standard InChI is InChI=1S/C17H6N4S2/c1-9-4-13-14(10(5-18)6-19)12-2-3-22-16(12)15(17(13)23-9)11(7-20)8-21/h2-4H,1H3. The lowest BCUT2D eigenvalue weighted by Crippen LogP contribution is -2.15. The average molecular weight is 330 g/mol. The number of aryl methyl sites for hydroxylation is 1. The summed E-state index contributed by atoms with van der Waals surface area (Å²) in [5.74, 6) is 0. The Hall–Kier alpha value is -3.16. The SMILES string of the molecule is Cc1cc2c(=C(C#N)C#N)c3ccsc3c(=C(C#N)C#N)c2s1. The lowest BCUT2D eigenvalue weighted by atomic mass is 10.0. The van der Waals surface area contributed by atoms with Crippen LogP contribution in [0.1, 0.15) is 4.88 Å². The quantitative estimate of drug-likeness (QED) is 0.633. The Bertz CT molecular complexity index is 1130. The molecule has 0 N–H and O–H groups in total. The molecule has 2 aromatic heterocycles. The van der Waals surface area contributed by atoms with Gasteiger partial charge in [0.05, 0.1) is 0 Å². The predicted octanol–water partition coefficient (Wildman–Crippen LogP) is 2.82. The summed E-state index contributed by atoms with van der Waals surface area (Å²) in [4.78, 5) is 0.991. The van der Waals surface area contributed by atoms with Crippen molar-refractivity contribution in [3.63, 3.8) is 0 Å². The summed E-state index contributed by atoms with van der Waals surface area (Å²) < 4.78 is 1.53. The van der Waals surface area contributed by atoms with Gasteiger partial charge in [-0.2, -0.15) is 21.0 Å². The second kappa shape index (κ2) is 5.56. The summed E-state index contributed by atoms with van der Waals surface area (Å²) >= 11 is 2.86. The number of thiophene rings is 2. The third kappa shape index (κ3) is 2.07. The maximum atomic E-state index is 9.30. The largest absolute Gasteiger partial charge is 0.192 e. The highest BCUT2D eigenvalue weighted by atomic mass is 32.1. The van der Waals surface area contributed by atoms with Crippen LogP contribution in [0.15, 0.2) is 17.5 Å². The van der Waals surface area contributed by atoms with Gasteiger partial charge in [0.1, 0.15) is 35.4 Å². The Morgan fingerprint density at radius 2 is 1.48 bits per heavy atom. The fraction of sp³-hybridized carbons (Fsp3) is 0.0588. The van der Waals surface area contributed by atoms with Crippen molar-refractivity contribution < 1.29 is 0 Å². The molecule has 1 aromatic carbocycles. The lowest BCUT2D eigenvalue weighted by Gasteiger charge is -1.99. The van der Waals surface area contributed by atoms with Crippen LogP contribution >= 0.6 is 22.7 Å². The van der Waals surface area contributed by atoms with E-state index in [0.717, 1.165) is 25.0 Å². The van der Waals surface area contributed by atoms with Gasteiger partial charge in [-0.15, -0.1) is 22.7 Å². The van der Waals surface area contributed by atoms with Crippen LogP contribution in [0.5, 0.6) is 0 Å². The summed E-state index contributed by atoms with van der Waals surface area (Å²) in [6.07, 6.45) is 0. The molecule has 0 fully saturated rings. The molecule has 2 heterocycles. The van der Waals surface area contributed by atoms with E-state index in [1.54, 1.807) is 0 Å². The minimum Gasteiger partial charge on any atom is -0.192 e. The van der Waals surface area contributed by atoms with Gasteiger partial charge in [0.2, 0.25) is 0 Å². The number of nitriles is 4. The van der Waals surface area contributed by atoms with Crippen LogP contribution in [0, 0.1) is 52.2 Å². The van der Waals surface area contributed by atoms with Gasteiger partial charge < -0.3 is 0 Å². The molecule has 23 heavy (non-hydrogen) atoms. The van der Waals surface area contributed by atoms with Crippen LogP contribution in [-0.4, -0.2) is 0 Å². The second-order valence-electron chi connectivity index (χ2n) is 4.71. The van der Waals surface area contributed by atoms with E-state index in [1.165, 1.54) is 22.7 Å². The van der Waals surface area contributed by atoms with Crippen molar-refractivity contribution in [1.82, 2.24) is 0 Å². The first kappa shape index (κ1) is 14.8. The van der Waals surface area contributed by atoms with E-state index in [4.69, 9.17) is 0 Å². The first-order valence-corrected chi connectivity index (χ1v) is 8.14. The van der Waals surface area contributed by atoms with Crippen LogP contribution in [-0.2, 0) is 0 Å². The molecule has 0 aliphatic rings. The van der Waals surface area contributed by atoms with Crippen LogP contribution in [0.2, 0.25) is 0 Å². The van der Waals surface area contributed by atoms with E-state index in [0.29, 0.717) is 10.4 Å². The van der Waals surface area contributed by atoms with Gasteiger partial charge in [0, 0.05) is 35.5 Å². The molecule has 0 bridgehead atoms. The Balaban J connectivity index is 2.91. The molecule has 3 rings (SSSR count). The topological polar surface area (TPSA) is 95.2 Å². The van der Waals surface area contributed by atoms with Gasteiger partial charge in [0.15, 0.2) is 0 Å². The average Bonchev–Trinajstić information content (AvgIpc) is 3.17. The molecular formula is C17H6N4S2. The van der Waals surface area contributed by atoms with E-state index in [1.807, 2.05) is 48.7 Å². The molecule has 0 aliphatic carbocycles. The van der Waals surface area contributed by atoms with E-state index in [9.17, 15) is 21.0 Å². The monoisotopic (exact) mass is 330 g/mol. The van der Waals surface area contributed by atoms with E-state index < -0.39 is 0 Å². The van der Waals surface area contributed by atoms with E-state index in [-0.39, 0.29) is 11.1 Å². The highest BCUT2D eigenvalue weighted by Crippen LogP contribution is 2.26. The molecule has 106 valence electrons. The van der Waals surface area contributed by atoms with Crippen molar-refractivity contribution >= 4 is 54.0 Å². The number of hydrogen-bond acceptors (Lipinski definition) is 6. The van der Waals surface area contributed by atoms with Crippen molar-refractivity contribution in [2.24, 2.45) is 0 Å². The van der Waals surface area contributed by atoms with Gasteiger partial charge in [-0.05, 0) is 24.4 Å². The maximum absolute atomic E-state index is 9.30. The summed E-state index contributed by atoms with van der Waals surface area (Å²) in [6.45, 7) is 1.92. The Kier molecular flexibility index (Phi) is 3.57. The third-order valence-electron chi connectivity index (χ3n) is 3.46. The number of fused-ring (bicyclic) bond motifs is 2. The minimum absolute atomic E-state index is 0.0400. The highest BCUT2D eigenvalue weighted by Gasteiger charge is 2.15. The number of benzene rings is 1. The van der Waals surface area contributed by atoms with Gasteiger partial charge in [-0.25, -0.2) is 0 Å². The number of rotatable bonds is 0. The minimum atomic E-state index is 0.0400. The molecule has 0 saturated heterocycles. The molecule has 3 aromatic rings. The normalized spacial score (nSPS) is 9.78. The van der Waals surface area contributed by atoms with Crippen molar-refractivity contribution in [3.05, 3.63) is 32.8 Å². The van der Waals surface area contributed by atoms with Crippen molar-refractivity contribution in [2.75, 3.05) is 0 Å². The van der Waals surface area contributed by atoms with E-state index >= 15 is 0 Å². The zero-order valence-corrected chi connectivity index (χ0v) is 13.5. The summed E-state index contributed by atoms with van der Waals surface area (Å²) in [7, 11) is 0. The zero-order valence-electron chi connectivity index (χ0n) is 11.8. The molecule has 0 amide bonds. The molecule has 0 unspecified atom stereocenters. The highest BCUT2D eigenvalue weighted by molar-refractivity contribution is 7.20. The molecule has 4 nitrogen and oxygen atoms in total. The summed E-state index contributed by atoms with van der Waals surface area (Å²) in [6, 6.07) is 11.6. The van der Waals surface area contributed by atoms with Crippen LogP contribution in [0.25, 0.3) is 31.3 Å². The second-order valence-corrected chi connectivity index (χ2v) is 6.88. The number of nitrogens with zero attached hydrogens (tertiary/aromatic N) is 4. The number of hydrogen-bond donors (Lipinski definition) is 0. The third-order valence-corrected chi connectivity index (χ3v) is 5.46. The van der Waals surface area contributed by atoms with Gasteiger partial charge in [0.25, 0.3) is 0 Å². The van der Waals surface area contributed by atoms with Crippen molar-refractivity contribution in [1.29, 1.82) is 21.0 Å². The molecule has 0 radical (unpaired) electrons. The molecule has 0 atom stereocenters. The Labute approximate surface area is 139 Å². The maximum Gasteiger partial charge on any atom is 0.139 e. The summed E-state index contributed by atoms with van der Waals surface area (Å²) in [5.41, 5.74) is 0.0875. The van der Waals surface area contributed by atoms with Crippen molar-refractivity contribution in [3.8, 4) is 24.3 Å². The first-order chi connectivity index (χ1) is 11.2.